The van der Waals surface area contributed by atoms with E-state index in [1.807, 2.05) is 17.3 Å². The zero-order valence-corrected chi connectivity index (χ0v) is 41.4. The van der Waals surface area contributed by atoms with Crippen molar-refractivity contribution >= 4 is 97.4 Å². The van der Waals surface area contributed by atoms with Gasteiger partial charge in [0.2, 0.25) is 0 Å². The summed E-state index contributed by atoms with van der Waals surface area (Å²) in [5, 5.41) is 16.1. The minimum Gasteiger partial charge on any atom is -0.0622 e. The Hall–Kier alpha value is -5.12. The third-order valence-corrected chi connectivity index (χ3v) is 19.0. The Balaban J connectivity index is 0.000000254. The van der Waals surface area contributed by atoms with Gasteiger partial charge in [-0.25, -0.2) is 0 Å². The molecule has 10 aromatic rings. The molecule has 321 valence electrons. The van der Waals surface area contributed by atoms with Gasteiger partial charge in [0.1, 0.15) is 0 Å². The second-order valence-corrected chi connectivity index (χ2v) is 22.3. The van der Waals surface area contributed by atoms with Crippen LogP contribution in [0.1, 0.15) is 6.92 Å². The Labute approximate surface area is 402 Å². The molecule has 6 heteroatoms. The Morgan fingerprint density at radius 3 is 0.908 bits per heavy atom. The van der Waals surface area contributed by atoms with Crippen LogP contribution in [0, 0.1) is 0 Å². The van der Waals surface area contributed by atoms with Crippen molar-refractivity contribution in [2.75, 3.05) is 6.16 Å². The summed E-state index contributed by atoms with van der Waals surface area (Å²) < 4.78 is 0. The summed E-state index contributed by atoms with van der Waals surface area (Å²) >= 11 is 1.82. The quantitative estimate of drug-likeness (QED) is 0.101. The molecule has 0 aliphatic heterocycles. The van der Waals surface area contributed by atoms with Crippen LogP contribution in [0.15, 0.2) is 255 Å². The van der Waals surface area contributed by atoms with E-state index in [0.29, 0.717) is 0 Å². The molecule has 0 unspecified atom stereocenters. The van der Waals surface area contributed by atoms with Crippen LogP contribution < -0.4 is 48.2 Å². The molecule has 2 N–H and O–H groups in total. The van der Waals surface area contributed by atoms with Crippen molar-refractivity contribution in [3.05, 3.63) is 255 Å². The van der Waals surface area contributed by atoms with E-state index < -0.39 is 15.8 Å². The van der Waals surface area contributed by atoms with E-state index in [9.17, 15) is 0 Å². The first-order chi connectivity index (χ1) is 32.1. The molecule has 65 heavy (non-hydrogen) atoms. The fraction of sp³-hybridized carbons (Fsp3) is 0.0508. The van der Waals surface area contributed by atoms with Crippen LogP contribution in [0.3, 0.4) is 0 Å². The molecule has 0 fully saturated rings. The zero-order chi connectivity index (χ0) is 44.8. The van der Waals surface area contributed by atoms with Crippen LogP contribution in [-0.4, -0.2) is 12.2 Å². The fourth-order valence-electron chi connectivity index (χ4n) is 8.44. The summed E-state index contributed by atoms with van der Waals surface area (Å²) in [7, 11) is 2.55. The molecule has 1 atom stereocenters. The van der Waals surface area contributed by atoms with Crippen LogP contribution in [0.4, 0.5) is 0 Å². The maximum atomic E-state index is 5.98. The van der Waals surface area contributed by atoms with Crippen molar-refractivity contribution in [2.45, 2.75) is 13.0 Å². The van der Waals surface area contributed by atoms with Gasteiger partial charge < -0.3 is 5.73 Å². The van der Waals surface area contributed by atoms with Crippen LogP contribution in [0.5, 0.6) is 0 Å². The maximum absolute atomic E-state index is 5.98. The molecular weight excluding hydrogens is 952 g/mol. The number of rotatable bonds is 11. The number of benzene rings is 10. The zero-order valence-electron chi connectivity index (χ0n) is 36.2. The van der Waals surface area contributed by atoms with Gasteiger partial charge >= 0.3 is 27.0 Å². The third kappa shape index (κ3) is 11.1. The molecule has 1 nitrogen and oxygen atoms in total. The molecule has 10 rings (SSSR count). The van der Waals surface area contributed by atoms with Gasteiger partial charge in [-0.1, -0.05) is 255 Å². The standard InChI is InChI=1S/C44H32P2.C15H18NP.ClH.Ru/c1-5-19-35(20-6-1)45(36-21-7-2-8-22-36)41-31-29-33-17-13-15-27-39(33)43(41)44-40-28-16-14-18-34(40)30-32-42(44)46(37-23-9-3-10-24-37)38-25-11-4-12-26-38;1-13(16)12-17(14-8-4-2-5-9-14)15-10-6-3-7-11-15;;/h1-32H;2-11,13H,12,16H2,1H3;1H;/q;;;+1/p-1/t;13-;;/m.1../s1. The molecule has 0 bridgehead atoms. The van der Waals surface area contributed by atoms with Crippen molar-refractivity contribution in [2.24, 2.45) is 5.73 Å². The maximum Gasteiger partial charge on any atom is -0.000884 e. The molecule has 0 aliphatic carbocycles. The average molecular weight is 1000 g/mol. The molecule has 0 saturated carbocycles. The topological polar surface area (TPSA) is 26.0 Å². The van der Waals surface area contributed by atoms with Gasteiger partial charge in [-0.3, -0.25) is 0 Å². The third-order valence-electron chi connectivity index (χ3n) is 11.2. The predicted octanol–water partition coefficient (Wildman–Crippen LogP) is 12.3. The van der Waals surface area contributed by atoms with Gasteiger partial charge in [0.05, 0.1) is 0 Å². The van der Waals surface area contributed by atoms with Crippen molar-refractivity contribution in [3.8, 4) is 11.1 Å². The van der Waals surface area contributed by atoms with Gasteiger partial charge in [0, 0.05) is 6.04 Å². The monoisotopic (exact) mass is 1000 g/mol. The van der Waals surface area contributed by atoms with E-state index >= 15 is 0 Å². The van der Waals surface area contributed by atoms with E-state index in [2.05, 4.69) is 271 Å². The minimum absolute atomic E-state index is 0.238. The Morgan fingerprint density at radius 2 is 0.615 bits per heavy atom. The Kier molecular flexibility index (Phi) is 16.7. The molecule has 0 aliphatic rings. The molecule has 0 aromatic heterocycles. The van der Waals surface area contributed by atoms with Crippen LogP contribution in [-0.2, 0) is 17.3 Å². The van der Waals surface area contributed by atoms with Crippen molar-refractivity contribution < 1.29 is 17.3 Å². The smallest absolute Gasteiger partial charge is 0.000884 e. The number of nitrogens with two attached hydrogens (primary N) is 1. The predicted molar refractivity (Wildman–Crippen MR) is 288 cm³/mol. The number of halogens is 1. The molecule has 0 amide bonds. The molecule has 0 spiro atoms. The van der Waals surface area contributed by atoms with E-state index in [0.717, 1.165) is 6.16 Å². The van der Waals surface area contributed by atoms with Crippen molar-refractivity contribution in [3.63, 3.8) is 0 Å². The summed E-state index contributed by atoms with van der Waals surface area (Å²) in [5.41, 5.74) is 8.68. The van der Waals surface area contributed by atoms with Gasteiger partial charge in [-0.2, -0.15) is 0 Å². The van der Waals surface area contributed by atoms with E-state index in [1.54, 1.807) is 0 Å². The van der Waals surface area contributed by atoms with Crippen LogP contribution in [0.2, 0.25) is 0 Å². The van der Waals surface area contributed by atoms with Crippen LogP contribution >= 0.6 is 33.5 Å². The SMILES string of the molecule is C[C@@H](N)CP(c1ccccc1)c1ccccc1.[Cl][Ru].c1ccc(P(c2ccccc2)c2ccc3ccccc3c2-c2c(P(c3ccccc3)c3ccccc3)ccc3ccccc23)cc1. The van der Waals surface area contributed by atoms with Gasteiger partial charge in [-0.05, 0) is 112 Å². The van der Waals surface area contributed by atoms with Crippen molar-refractivity contribution in [1.29, 1.82) is 0 Å². The Bertz CT molecular complexity index is 2730. The number of hydrogen-bond acceptors (Lipinski definition) is 1. The molecule has 0 radical (unpaired) electrons. The Morgan fingerprint density at radius 1 is 0.354 bits per heavy atom. The fourth-order valence-corrected chi connectivity index (χ4v) is 15.8. The van der Waals surface area contributed by atoms with E-state index in [-0.39, 0.29) is 14.0 Å². The van der Waals surface area contributed by atoms with E-state index in [1.165, 1.54) is 75.1 Å². The number of hydrogen-bond donors (Lipinski definition) is 1. The average Bonchev–Trinajstić information content (AvgIpc) is 3.38. The van der Waals surface area contributed by atoms with Crippen molar-refractivity contribution in [1.82, 2.24) is 0 Å². The summed E-state index contributed by atoms with van der Waals surface area (Å²) in [6.07, 6.45) is 1.04. The first-order valence-electron chi connectivity index (χ1n) is 21.7. The number of fused-ring (bicyclic) bond motifs is 2. The second-order valence-electron chi connectivity index (χ2n) is 15.6. The summed E-state index contributed by atoms with van der Waals surface area (Å²) in [5.74, 6) is 0. The first-order valence-corrected chi connectivity index (χ1v) is 28.2. The van der Waals surface area contributed by atoms with Gasteiger partial charge in [0.15, 0.2) is 0 Å². The molecule has 0 saturated heterocycles. The van der Waals surface area contributed by atoms with E-state index in [4.69, 9.17) is 5.73 Å². The largest absolute Gasteiger partial charge is 0.0622 e. The van der Waals surface area contributed by atoms with Gasteiger partial charge in [0.25, 0.3) is 0 Å². The summed E-state index contributed by atoms with van der Waals surface area (Å²) in [6.45, 7) is 2.08. The molecule has 10 aromatic carbocycles. The van der Waals surface area contributed by atoms with Gasteiger partial charge in [-0.15, -0.1) is 0 Å². The van der Waals surface area contributed by atoms with Crippen LogP contribution in [0.25, 0.3) is 32.7 Å². The molecular formula is C59H50ClNP3Ru. The normalized spacial score (nSPS) is 11.5. The minimum atomic E-state index is -0.852. The molecule has 0 heterocycles. The summed E-state index contributed by atoms with van der Waals surface area (Å²) in [4.78, 5) is 0. The summed E-state index contributed by atoms with van der Waals surface area (Å²) in [6, 6.07) is 93.4. The first kappa shape index (κ1) is 46.4. The second kappa shape index (κ2) is 23.4.